The Morgan fingerprint density at radius 1 is 0.951 bits per heavy atom. The molecule has 206 valence electrons. The van der Waals surface area contributed by atoms with E-state index in [0.717, 1.165) is 20.9 Å². The molecule has 1 aromatic heterocycles. The number of hydrogen-bond donors (Lipinski definition) is 2. The van der Waals surface area contributed by atoms with Crippen molar-refractivity contribution in [3.05, 3.63) is 123 Å². The zero-order valence-corrected chi connectivity index (χ0v) is 23.5. The second-order valence-electron chi connectivity index (χ2n) is 9.35. The van der Waals surface area contributed by atoms with Crippen LogP contribution >= 0.6 is 23.1 Å². The SMILES string of the molecule is NC(=O)c1cccc(N2C(=O)C(CC(=O)NCCc3ccc(F)cc3)SC2c2ccc(C#Cc3ccccc3)s2)c1. The smallest absolute Gasteiger partial charge is 0.248 e. The first kappa shape index (κ1) is 28.1. The average molecular weight is 584 g/mol. The number of thiophene rings is 1. The van der Waals surface area contributed by atoms with Gasteiger partial charge in [0.2, 0.25) is 17.7 Å². The molecule has 2 unspecified atom stereocenters. The van der Waals surface area contributed by atoms with E-state index in [-0.39, 0.29) is 24.1 Å². The summed E-state index contributed by atoms with van der Waals surface area (Å²) < 4.78 is 13.1. The van der Waals surface area contributed by atoms with Crippen LogP contribution in [0.3, 0.4) is 0 Å². The van der Waals surface area contributed by atoms with Crippen molar-refractivity contribution in [1.29, 1.82) is 0 Å². The number of thioether (sulfide) groups is 1. The predicted molar refractivity (Wildman–Crippen MR) is 161 cm³/mol. The third-order valence-corrected chi connectivity index (χ3v) is 9.06. The van der Waals surface area contributed by atoms with Gasteiger partial charge in [-0.3, -0.25) is 19.3 Å². The Bertz CT molecular complexity index is 1630. The van der Waals surface area contributed by atoms with Crippen molar-refractivity contribution in [2.24, 2.45) is 5.73 Å². The molecule has 1 aliphatic rings. The summed E-state index contributed by atoms with van der Waals surface area (Å²) in [6.07, 6.45) is 0.551. The van der Waals surface area contributed by atoms with Crippen molar-refractivity contribution < 1.29 is 18.8 Å². The fourth-order valence-electron chi connectivity index (χ4n) is 4.39. The Labute approximate surface area is 245 Å². The van der Waals surface area contributed by atoms with Crippen molar-refractivity contribution in [2.45, 2.75) is 23.5 Å². The van der Waals surface area contributed by atoms with Gasteiger partial charge in [-0.2, -0.15) is 0 Å². The summed E-state index contributed by atoms with van der Waals surface area (Å²) >= 11 is 2.88. The number of anilines is 1. The summed E-state index contributed by atoms with van der Waals surface area (Å²) in [4.78, 5) is 41.8. The van der Waals surface area contributed by atoms with Crippen LogP contribution in [0, 0.1) is 17.7 Å². The summed E-state index contributed by atoms with van der Waals surface area (Å²) in [7, 11) is 0. The van der Waals surface area contributed by atoms with E-state index in [1.807, 2.05) is 42.5 Å². The largest absolute Gasteiger partial charge is 0.366 e. The molecule has 3 aromatic carbocycles. The fourth-order valence-corrected chi connectivity index (χ4v) is 6.89. The summed E-state index contributed by atoms with van der Waals surface area (Å²) in [6, 6.07) is 26.3. The van der Waals surface area contributed by atoms with E-state index < -0.39 is 16.5 Å². The van der Waals surface area contributed by atoms with E-state index in [4.69, 9.17) is 5.73 Å². The lowest BCUT2D eigenvalue weighted by Gasteiger charge is -2.23. The molecular weight excluding hydrogens is 558 g/mol. The van der Waals surface area contributed by atoms with E-state index in [1.165, 1.54) is 35.2 Å². The molecule has 1 aliphatic heterocycles. The zero-order valence-electron chi connectivity index (χ0n) is 21.9. The van der Waals surface area contributed by atoms with E-state index in [9.17, 15) is 18.8 Å². The molecule has 5 rings (SSSR count). The lowest BCUT2D eigenvalue weighted by molar-refractivity contribution is -0.124. The van der Waals surface area contributed by atoms with Gasteiger partial charge in [-0.05, 0) is 66.6 Å². The molecule has 2 heterocycles. The molecule has 6 nitrogen and oxygen atoms in total. The lowest BCUT2D eigenvalue weighted by Crippen LogP contribution is -2.34. The Morgan fingerprint density at radius 3 is 2.49 bits per heavy atom. The molecule has 2 atom stereocenters. The third kappa shape index (κ3) is 7.04. The number of benzene rings is 3. The highest BCUT2D eigenvalue weighted by Gasteiger charge is 2.43. The number of carbonyl (C=O) groups is 3. The zero-order chi connectivity index (χ0) is 28.8. The Kier molecular flexibility index (Phi) is 8.82. The number of nitrogens with two attached hydrogens (primary N) is 1. The molecule has 0 spiro atoms. The first-order chi connectivity index (χ1) is 19.9. The molecule has 0 radical (unpaired) electrons. The van der Waals surface area contributed by atoms with Crippen LogP contribution in [0.5, 0.6) is 0 Å². The van der Waals surface area contributed by atoms with E-state index in [0.29, 0.717) is 24.2 Å². The molecule has 3 amide bonds. The van der Waals surface area contributed by atoms with Crippen molar-refractivity contribution in [3.8, 4) is 11.8 Å². The molecule has 41 heavy (non-hydrogen) atoms. The standard InChI is InChI=1S/C32H26FN3O3S2/c33-24-12-9-22(10-13-24)17-18-35-29(37)20-28-31(39)36(25-8-4-7-23(19-25)30(34)38)32(41-28)27-16-15-26(40-27)14-11-21-5-2-1-3-6-21/h1-10,12-13,15-16,19,28,32H,17-18,20H2,(H2,34,38)(H,35,37). The Hall–Kier alpha value is -4.39. The van der Waals surface area contributed by atoms with Gasteiger partial charge in [0.05, 0.1) is 10.1 Å². The predicted octanol–water partition coefficient (Wildman–Crippen LogP) is 5.28. The monoisotopic (exact) mass is 583 g/mol. The number of primary amides is 1. The van der Waals surface area contributed by atoms with Gasteiger partial charge in [-0.15, -0.1) is 23.1 Å². The van der Waals surface area contributed by atoms with Gasteiger partial charge in [0.25, 0.3) is 0 Å². The van der Waals surface area contributed by atoms with Crippen LogP contribution in [0.2, 0.25) is 0 Å². The van der Waals surface area contributed by atoms with Crippen molar-refractivity contribution in [3.63, 3.8) is 0 Å². The highest BCUT2D eigenvalue weighted by atomic mass is 32.2. The number of nitrogens with zero attached hydrogens (tertiary/aromatic N) is 1. The van der Waals surface area contributed by atoms with Crippen LogP contribution in [0.1, 0.15) is 43.0 Å². The van der Waals surface area contributed by atoms with Crippen molar-refractivity contribution in [2.75, 3.05) is 11.4 Å². The minimum Gasteiger partial charge on any atom is -0.366 e. The van der Waals surface area contributed by atoms with Crippen LogP contribution in [-0.2, 0) is 16.0 Å². The van der Waals surface area contributed by atoms with E-state index in [1.54, 1.807) is 41.3 Å². The van der Waals surface area contributed by atoms with Gasteiger partial charge in [0, 0.05) is 34.7 Å². The minimum absolute atomic E-state index is 0.00146. The Balaban J connectivity index is 1.33. The van der Waals surface area contributed by atoms with Crippen LogP contribution < -0.4 is 16.0 Å². The summed E-state index contributed by atoms with van der Waals surface area (Å²) in [5.41, 5.74) is 8.14. The number of nitrogens with one attached hydrogen (secondary N) is 1. The van der Waals surface area contributed by atoms with Crippen LogP contribution in [0.15, 0.2) is 91.0 Å². The first-order valence-electron chi connectivity index (χ1n) is 12.9. The molecule has 4 aromatic rings. The molecule has 0 saturated carbocycles. The molecule has 1 saturated heterocycles. The van der Waals surface area contributed by atoms with Gasteiger partial charge < -0.3 is 11.1 Å². The molecule has 0 bridgehead atoms. The number of hydrogen-bond acceptors (Lipinski definition) is 5. The summed E-state index contributed by atoms with van der Waals surface area (Å²) in [6.45, 7) is 0.373. The average Bonchev–Trinajstić information content (AvgIpc) is 3.58. The number of halogens is 1. The lowest BCUT2D eigenvalue weighted by atomic mass is 10.1. The summed E-state index contributed by atoms with van der Waals surface area (Å²) in [5, 5.41) is 1.85. The van der Waals surface area contributed by atoms with E-state index in [2.05, 4.69) is 17.2 Å². The topological polar surface area (TPSA) is 92.5 Å². The third-order valence-electron chi connectivity index (χ3n) is 6.44. The van der Waals surface area contributed by atoms with Crippen molar-refractivity contribution in [1.82, 2.24) is 5.32 Å². The van der Waals surface area contributed by atoms with Crippen molar-refractivity contribution >= 4 is 46.5 Å². The first-order valence-corrected chi connectivity index (χ1v) is 14.7. The minimum atomic E-state index is -0.621. The molecule has 3 N–H and O–H groups in total. The molecule has 1 fully saturated rings. The molecular formula is C32H26FN3O3S2. The highest BCUT2D eigenvalue weighted by molar-refractivity contribution is 8.01. The second-order valence-corrected chi connectivity index (χ2v) is 11.8. The maximum Gasteiger partial charge on any atom is 0.248 e. The number of carbonyl (C=O) groups excluding carboxylic acids is 3. The maximum absolute atomic E-state index is 13.7. The van der Waals surface area contributed by atoms with Gasteiger partial charge in [-0.25, -0.2) is 4.39 Å². The van der Waals surface area contributed by atoms with Gasteiger partial charge in [0.15, 0.2) is 0 Å². The number of amides is 3. The fraction of sp³-hybridized carbons (Fsp3) is 0.156. The van der Waals surface area contributed by atoms with Gasteiger partial charge in [0.1, 0.15) is 11.2 Å². The second kappa shape index (κ2) is 12.9. The molecule has 9 heteroatoms. The van der Waals surface area contributed by atoms with Gasteiger partial charge in [-0.1, -0.05) is 48.2 Å². The summed E-state index contributed by atoms with van der Waals surface area (Å²) in [5.74, 6) is 4.98. The highest BCUT2D eigenvalue weighted by Crippen LogP contribution is 2.48. The quantitative estimate of drug-likeness (QED) is 0.276. The molecule has 0 aliphatic carbocycles. The number of rotatable bonds is 8. The van der Waals surface area contributed by atoms with Crippen LogP contribution in [-0.4, -0.2) is 29.5 Å². The Morgan fingerprint density at radius 2 is 1.73 bits per heavy atom. The maximum atomic E-state index is 13.7. The van der Waals surface area contributed by atoms with E-state index >= 15 is 0 Å². The van der Waals surface area contributed by atoms with Crippen LogP contribution in [0.25, 0.3) is 0 Å². The normalized spacial score (nSPS) is 16.2. The van der Waals surface area contributed by atoms with Crippen LogP contribution in [0.4, 0.5) is 10.1 Å². The van der Waals surface area contributed by atoms with Gasteiger partial charge >= 0.3 is 0 Å².